The third kappa shape index (κ3) is 4.68. The first-order chi connectivity index (χ1) is 13.6. The number of pyridine rings is 1. The van der Waals surface area contributed by atoms with Gasteiger partial charge in [-0.3, -0.25) is 9.48 Å². The van der Waals surface area contributed by atoms with Crippen LogP contribution in [0, 0.1) is 0 Å². The van der Waals surface area contributed by atoms with E-state index in [-0.39, 0.29) is 24.0 Å². The van der Waals surface area contributed by atoms with Gasteiger partial charge in [0.05, 0.1) is 12.8 Å². The molecule has 1 atom stereocenters. The highest BCUT2D eigenvalue weighted by molar-refractivity contribution is 5.89. The minimum Gasteiger partial charge on any atom is -0.462 e. The van der Waals surface area contributed by atoms with Gasteiger partial charge in [-0.1, -0.05) is 18.2 Å². The van der Waals surface area contributed by atoms with E-state index in [4.69, 9.17) is 9.47 Å². The van der Waals surface area contributed by atoms with Gasteiger partial charge >= 0.3 is 5.97 Å². The average molecular weight is 381 g/mol. The summed E-state index contributed by atoms with van der Waals surface area (Å²) in [7, 11) is 0. The van der Waals surface area contributed by atoms with E-state index in [1.165, 1.54) is 6.20 Å². The number of hydrogen-bond donors (Lipinski definition) is 0. The molecule has 7 heteroatoms. The summed E-state index contributed by atoms with van der Waals surface area (Å²) >= 11 is 0. The average Bonchev–Trinajstić information content (AvgIpc) is 3.22. The van der Waals surface area contributed by atoms with Crippen molar-refractivity contribution in [2.45, 2.75) is 32.9 Å². The molecule has 0 fully saturated rings. The molecule has 3 aromatic rings. The molecule has 1 aromatic carbocycles. The van der Waals surface area contributed by atoms with Gasteiger partial charge in [0.25, 0.3) is 0 Å². The number of rotatable bonds is 8. The van der Waals surface area contributed by atoms with E-state index in [2.05, 4.69) is 5.10 Å². The minimum atomic E-state index is -0.654. The van der Waals surface area contributed by atoms with E-state index >= 15 is 0 Å². The summed E-state index contributed by atoms with van der Waals surface area (Å²) in [5.74, 6) is -0.0434. The molecule has 0 aliphatic heterocycles. The Morgan fingerprint density at radius 3 is 2.64 bits per heavy atom. The molecule has 0 bridgehead atoms. The minimum absolute atomic E-state index is 0.0103. The summed E-state index contributed by atoms with van der Waals surface area (Å²) in [6.45, 7) is 4.61. The highest BCUT2D eigenvalue weighted by Crippen LogP contribution is 2.21. The van der Waals surface area contributed by atoms with Gasteiger partial charge in [-0.05, 0) is 38.5 Å². The Bertz CT molecular complexity index is 965. The number of benzene rings is 1. The smallest absolute Gasteiger partial charge is 0.343 e. The molecule has 146 valence electrons. The van der Waals surface area contributed by atoms with Crippen molar-refractivity contribution in [2.24, 2.45) is 0 Å². The molecule has 0 spiro atoms. The number of aryl methyl sites for hydroxylation is 1. The molecule has 0 aliphatic rings. The van der Waals surface area contributed by atoms with Crippen molar-refractivity contribution >= 4 is 5.97 Å². The molecular weight excluding hydrogens is 358 g/mol. The molecule has 0 N–H and O–H groups in total. The van der Waals surface area contributed by atoms with Crippen LogP contribution in [-0.4, -0.2) is 26.9 Å². The lowest BCUT2D eigenvalue weighted by atomic mass is 10.2. The molecular formula is C21H23N3O4. The normalized spacial score (nSPS) is 11.8. The van der Waals surface area contributed by atoms with E-state index in [0.717, 1.165) is 6.42 Å². The standard InChI is InChI=1S/C21H23N3O4/c1-3-27-21(26)18-14-23(16(2)10-13-24-12-7-11-22-24)15-19(20(18)25)28-17-8-5-4-6-9-17/h4-9,11-12,14-16H,3,10,13H2,1-2H3/t16-/m1/s1. The Morgan fingerprint density at radius 2 is 1.96 bits per heavy atom. The molecule has 28 heavy (non-hydrogen) atoms. The van der Waals surface area contributed by atoms with Crippen molar-refractivity contribution in [3.05, 3.63) is 77.0 Å². The van der Waals surface area contributed by atoms with Crippen molar-refractivity contribution in [1.29, 1.82) is 0 Å². The number of hydrogen-bond acceptors (Lipinski definition) is 5. The fourth-order valence-corrected chi connectivity index (χ4v) is 2.77. The zero-order valence-electron chi connectivity index (χ0n) is 15.9. The number of carbonyl (C=O) groups excluding carboxylic acids is 1. The molecule has 0 saturated carbocycles. The van der Waals surface area contributed by atoms with Crippen LogP contribution in [0.25, 0.3) is 0 Å². The quantitative estimate of drug-likeness (QED) is 0.557. The lowest BCUT2D eigenvalue weighted by Gasteiger charge is -2.18. The van der Waals surface area contributed by atoms with E-state index in [1.54, 1.807) is 31.5 Å². The number of carbonyl (C=O) groups is 1. The first kappa shape index (κ1) is 19.4. The van der Waals surface area contributed by atoms with Crippen LogP contribution in [-0.2, 0) is 11.3 Å². The van der Waals surface area contributed by atoms with Gasteiger partial charge in [0.2, 0.25) is 5.43 Å². The van der Waals surface area contributed by atoms with Gasteiger partial charge in [-0.15, -0.1) is 0 Å². The lowest BCUT2D eigenvalue weighted by molar-refractivity contribution is 0.0523. The number of ether oxygens (including phenoxy) is 2. The van der Waals surface area contributed by atoms with Crippen LogP contribution in [0.4, 0.5) is 0 Å². The second kappa shape index (κ2) is 9.03. The Hall–Kier alpha value is -3.35. The highest BCUT2D eigenvalue weighted by atomic mass is 16.5. The summed E-state index contributed by atoms with van der Waals surface area (Å²) in [5.41, 5.74) is -0.529. The summed E-state index contributed by atoms with van der Waals surface area (Å²) < 4.78 is 14.5. The van der Waals surface area contributed by atoms with E-state index < -0.39 is 11.4 Å². The Kier molecular flexibility index (Phi) is 6.26. The van der Waals surface area contributed by atoms with Gasteiger partial charge in [-0.2, -0.15) is 5.10 Å². The maximum absolute atomic E-state index is 12.8. The monoisotopic (exact) mass is 381 g/mol. The fraction of sp³-hybridized carbons (Fsp3) is 0.286. The van der Waals surface area contributed by atoms with Crippen LogP contribution >= 0.6 is 0 Å². The van der Waals surface area contributed by atoms with Crippen molar-refractivity contribution in [3.8, 4) is 11.5 Å². The molecule has 3 rings (SSSR count). The lowest BCUT2D eigenvalue weighted by Crippen LogP contribution is -2.22. The molecule has 0 unspecified atom stereocenters. The Morgan fingerprint density at radius 1 is 1.18 bits per heavy atom. The molecule has 2 heterocycles. The predicted octanol–water partition coefficient (Wildman–Crippen LogP) is 3.67. The van der Waals surface area contributed by atoms with Crippen LogP contribution in [0.15, 0.2) is 66.0 Å². The molecule has 0 amide bonds. The van der Waals surface area contributed by atoms with Gasteiger partial charge in [-0.25, -0.2) is 4.79 Å². The van der Waals surface area contributed by atoms with Crippen LogP contribution < -0.4 is 10.2 Å². The van der Waals surface area contributed by atoms with Gasteiger partial charge in [0.1, 0.15) is 11.3 Å². The summed E-state index contributed by atoms with van der Waals surface area (Å²) in [6, 6.07) is 10.9. The first-order valence-electron chi connectivity index (χ1n) is 9.21. The molecule has 0 aliphatic carbocycles. The summed E-state index contributed by atoms with van der Waals surface area (Å²) in [6.07, 6.45) is 7.55. The maximum Gasteiger partial charge on any atom is 0.343 e. The topological polar surface area (TPSA) is 75.3 Å². The number of para-hydroxylation sites is 1. The van der Waals surface area contributed by atoms with Gasteiger partial charge in [0.15, 0.2) is 5.75 Å². The second-order valence-electron chi connectivity index (χ2n) is 6.35. The zero-order valence-corrected chi connectivity index (χ0v) is 15.9. The van der Waals surface area contributed by atoms with Crippen LogP contribution in [0.2, 0.25) is 0 Å². The van der Waals surface area contributed by atoms with Crippen LogP contribution in [0.3, 0.4) is 0 Å². The van der Waals surface area contributed by atoms with Crippen molar-refractivity contribution in [3.63, 3.8) is 0 Å². The number of esters is 1. The predicted molar refractivity (Wildman–Crippen MR) is 105 cm³/mol. The third-order valence-corrected chi connectivity index (χ3v) is 4.32. The first-order valence-corrected chi connectivity index (χ1v) is 9.21. The van der Waals surface area contributed by atoms with E-state index in [1.807, 2.05) is 46.6 Å². The Balaban J connectivity index is 1.91. The highest BCUT2D eigenvalue weighted by Gasteiger charge is 2.19. The van der Waals surface area contributed by atoms with Crippen molar-refractivity contribution < 1.29 is 14.3 Å². The molecule has 7 nitrogen and oxygen atoms in total. The second-order valence-corrected chi connectivity index (χ2v) is 6.35. The van der Waals surface area contributed by atoms with Crippen molar-refractivity contribution in [1.82, 2.24) is 14.3 Å². The van der Waals surface area contributed by atoms with Gasteiger partial charge in [0, 0.05) is 31.2 Å². The van der Waals surface area contributed by atoms with Crippen LogP contribution in [0.5, 0.6) is 11.5 Å². The molecule has 0 saturated heterocycles. The SMILES string of the molecule is CCOC(=O)c1cn([C@H](C)CCn2cccn2)cc(Oc2ccccc2)c1=O. The van der Waals surface area contributed by atoms with E-state index in [0.29, 0.717) is 12.3 Å². The number of nitrogens with zero attached hydrogens (tertiary/aromatic N) is 3. The van der Waals surface area contributed by atoms with Crippen molar-refractivity contribution in [2.75, 3.05) is 6.61 Å². The molecule has 2 aromatic heterocycles. The zero-order chi connectivity index (χ0) is 19.9. The van der Waals surface area contributed by atoms with E-state index in [9.17, 15) is 9.59 Å². The summed E-state index contributed by atoms with van der Waals surface area (Å²) in [5, 5.41) is 4.20. The largest absolute Gasteiger partial charge is 0.462 e. The summed E-state index contributed by atoms with van der Waals surface area (Å²) in [4.78, 5) is 25.0. The third-order valence-electron chi connectivity index (χ3n) is 4.32. The fourth-order valence-electron chi connectivity index (χ4n) is 2.77. The Labute approximate surface area is 163 Å². The number of aromatic nitrogens is 3. The maximum atomic E-state index is 12.8. The van der Waals surface area contributed by atoms with Gasteiger partial charge < -0.3 is 14.0 Å². The molecule has 0 radical (unpaired) electrons. The van der Waals surface area contributed by atoms with Crippen LogP contribution in [0.1, 0.15) is 36.7 Å².